The Labute approximate surface area is 183 Å². The molecule has 1 aliphatic rings. The number of aromatic nitrogens is 2. The first-order chi connectivity index (χ1) is 14.9. The third kappa shape index (κ3) is 3.72. The van der Waals surface area contributed by atoms with Crippen molar-refractivity contribution in [2.24, 2.45) is 0 Å². The fourth-order valence-corrected chi connectivity index (χ4v) is 4.83. The molecule has 31 heavy (non-hydrogen) atoms. The van der Waals surface area contributed by atoms with E-state index in [1.165, 1.54) is 5.56 Å². The fraction of sp³-hybridized carbons (Fsp3) is 0.458. The summed E-state index contributed by atoms with van der Waals surface area (Å²) in [6.45, 7) is 5.17. The molecule has 3 heterocycles. The molecule has 0 spiro atoms. The number of benzene rings is 1. The molecule has 1 N–H and O–H groups in total. The van der Waals surface area contributed by atoms with Crippen LogP contribution in [-0.4, -0.2) is 53.5 Å². The van der Waals surface area contributed by atoms with Crippen LogP contribution in [0.3, 0.4) is 0 Å². The minimum absolute atomic E-state index is 0.0158. The molecule has 0 saturated carbocycles. The topological polar surface area (TPSA) is 76.7 Å². The number of nitrogens with one attached hydrogen (secondary N) is 1. The normalized spacial score (nSPS) is 16.4. The molecule has 1 atom stereocenters. The Bertz CT molecular complexity index is 1170. The van der Waals surface area contributed by atoms with Crippen molar-refractivity contribution in [3.05, 3.63) is 41.0 Å². The largest absolute Gasteiger partial charge is 0.356 e. The molecule has 1 aliphatic heterocycles. The van der Waals surface area contributed by atoms with Crippen LogP contribution < -0.4 is 10.2 Å². The summed E-state index contributed by atoms with van der Waals surface area (Å²) in [5.41, 5.74) is 5.45. The zero-order valence-corrected chi connectivity index (χ0v) is 18.8. The first-order valence-electron chi connectivity index (χ1n) is 10.9. The monoisotopic (exact) mass is 418 g/mol. The van der Waals surface area contributed by atoms with Gasteiger partial charge in [-0.05, 0) is 70.0 Å². The van der Waals surface area contributed by atoms with Crippen LogP contribution in [0.25, 0.3) is 16.7 Å². The fourth-order valence-electron chi connectivity index (χ4n) is 4.83. The molecule has 1 amide bonds. The first-order valence-corrected chi connectivity index (χ1v) is 10.9. The number of carbonyl (C=O) groups is 1. The lowest BCUT2D eigenvalue weighted by Crippen LogP contribution is -2.42. The molecule has 7 heteroatoms. The summed E-state index contributed by atoms with van der Waals surface area (Å²) in [6, 6.07) is 10.5. The maximum Gasteiger partial charge on any atom is 0.216 e. The average Bonchev–Trinajstić information content (AvgIpc) is 3.36. The number of carbonyl (C=O) groups excluding carboxylic acids is 1. The Balaban J connectivity index is 1.97. The molecule has 1 fully saturated rings. The van der Waals surface area contributed by atoms with Gasteiger partial charge in [0.05, 0.1) is 22.8 Å². The number of pyridine rings is 1. The lowest BCUT2D eigenvalue weighted by Gasteiger charge is -2.34. The summed E-state index contributed by atoms with van der Waals surface area (Å²) in [5, 5.41) is 12.9. The van der Waals surface area contributed by atoms with E-state index in [9.17, 15) is 10.1 Å². The predicted molar refractivity (Wildman–Crippen MR) is 123 cm³/mol. The highest BCUT2D eigenvalue weighted by Crippen LogP contribution is 2.37. The van der Waals surface area contributed by atoms with E-state index < -0.39 is 0 Å². The number of hydrogen-bond donors (Lipinski definition) is 1. The molecular weight excluding hydrogens is 388 g/mol. The van der Waals surface area contributed by atoms with Gasteiger partial charge in [0.2, 0.25) is 5.91 Å². The molecule has 1 saturated heterocycles. The highest BCUT2D eigenvalue weighted by atomic mass is 16.1. The third-order valence-corrected chi connectivity index (χ3v) is 6.27. The minimum atomic E-state index is -0.0158. The predicted octanol–water partition coefficient (Wildman–Crippen LogP) is 3.22. The number of fused-ring (bicyclic) bond motifs is 3. The summed E-state index contributed by atoms with van der Waals surface area (Å²) in [5.74, 6) is 1.12. The number of rotatable bonds is 6. The molecule has 4 rings (SSSR count). The van der Waals surface area contributed by atoms with Crippen LogP contribution in [0.5, 0.6) is 0 Å². The Hall–Kier alpha value is -3.11. The summed E-state index contributed by atoms with van der Waals surface area (Å²) >= 11 is 0. The van der Waals surface area contributed by atoms with Crippen molar-refractivity contribution in [3.8, 4) is 6.07 Å². The van der Waals surface area contributed by atoms with Crippen molar-refractivity contribution in [2.75, 3.05) is 32.1 Å². The van der Waals surface area contributed by atoms with E-state index >= 15 is 0 Å². The van der Waals surface area contributed by atoms with Gasteiger partial charge in [-0.1, -0.05) is 12.1 Å². The van der Waals surface area contributed by atoms with Crippen molar-refractivity contribution in [3.63, 3.8) is 0 Å². The van der Waals surface area contributed by atoms with Crippen LogP contribution in [0.2, 0.25) is 0 Å². The van der Waals surface area contributed by atoms with Crippen LogP contribution in [-0.2, 0) is 11.2 Å². The maximum absolute atomic E-state index is 11.3. The van der Waals surface area contributed by atoms with Crippen molar-refractivity contribution < 1.29 is 4.79 Å². The standard InChI is InChI=1S/C24H30N6O/c1-16-18(9-7-13-26-17(2)31)24(29-14-8-12-22(29)28(3)4)30-21-11-6-5-10-20(21)27-23(30)19(16)15-25/h5-6,10-11,22H,7-9,12-14H2,1-4H3,(H,26,31)/t22-/m0/s1. The summed E-state index contributed by atoms with van der Waals surface area (Å²) in [7, 11) is 4.25. The van der Waals surface area contributed by atoms with Gasteiger partial charge < -0.3 is 10.2 Å². The third-order valence-electron chi connectivity index (χ3n) is 6.27. The Kier molecular flexibility index (Phi) is 5.84. The van der Waals surface area contributed by atoms with Crippen LogP contribution in [0.15, 0.2) is 24.3 Å². The van der Waals surface area contributed by atoms with Gasteiger partial charge in [-0.25, -0.2) is 4.98 Å². The van der Waals surface area contributed by atoms with E-state index in [-0.39, 0.29) is 5.91 Å². The second-order valence-electron chi connectivity index (χ2n) is 8.54. The highest BCUT2D eigenvalue weighted by molar-refractivity contribution is 5.86. The molecule has 0 aliphatic carbocycles. The molecule has 1 aromatic carbocycles. The van der Waals surface area contributed by atoms with Gasteiger partial charge in [-0.2, -0.15) is 5.26 Å². The van der Waals surface area contributed by atoms with Gasteiger partial charge in [-0.15, -0.1) is 0 Å². The molecule has 7 nitrogen and oxygen atoms in total. The first kappa shape index (κ1) is 21.1. The van der Waals surface area contributed by atoms with Crippen molar-refractivity contribution in [2.45, 2.75) is 45.7 Å². The molecule has 2 aromatic heterocycles. The minimum Gasteiger partial charge on any atom is -0.356 e. The zero-order valence-electron chi connectivity index (χ0n) is 18.8. The molecule has 0 radical (unpaired) electrons. The van der Waals surface area contributed by atoms with E-state index in [2.05, 4.69) is 45.7 Å². The lowest BCUT2D eigenvalue weighted by molar-refractivity contribution is -0.118. The van der Waals surface area contributed by atoms with E-state index in [4.69, 9.17) is 4.98 Å². The molecule has 162 valence electrons. The Morgan fingerprint density at radius 1 is 1.35 bits per heavy atom. The van der Waals surface area contributed by atoms with Crippen molar-refractivity contribution >= 4 is 28.4 Å². The number of amides is 1. The molecular formula is C24H30N6O. The molecule has 0 bridgehead atoms. The van der Waals surface area contributed by atoms with Gasteiger partial charge >= 0.3 is 0 Å². The summed E-state index contributed by atoms with van der Waals surface area (Å²) < 4.78 is 2.19. The van der Waals surface area contributed by atoms with E-state index in [0.717, 1.165) is 60.3 Å². The van der Waals surface area contributed by atoms with Gasteiger partial charge in [-0.3, -0.25) is 14.1 Å². The van der Waals surface area contributed by atoms with E-state index in [0.29, 0.717) is 18.3 Å². The highest BCUT2D eigenvalue weighted by Gasteiger charge is 2.32. The Morgan fingerprint density at radius 2 is 2.13 bits per heavy atom. The van der Waals surface area contributed by atoms with E-state index in [1.807, 2.05) is 25.1 Å². The second kappa shape index (κ2) is 8.56. The van der Waals surface area contributed by atoms with Crippen LogP contribution in [0.1, 0.15) is 42.9 Å². The second-order valence-corrected chi connectivity index (χ2v) is 8.54. The number of nitrogens with zero attached hydrogens (tertiary/aromatic N) is 5. The maximum atomic E-state index is 11.3. The van der Waals surface area contributed by atoms with Crippen LogP contribution in [0.4, 0.5) is 5.82 Å². The number of anilines is 1. The summed E-state index contributed by atoms with van der Waals surface area (Å²) in [6.07, 6.45) is 4.13. The zero-order chi connectivity index (χ0) is 22.1. The van der Waals surface area contributed by atoms with Crippen molar-refractivity contribution in [1.82, 2.24) is 19.6 Å². The Morgan fingerprint density at radius 3 is 2.84 bits per heavy atom. The van der Waals surface area contributed by atoms with E-state index in [1.54, 1.807) is 6.92 Å². The number of imidazole rings is 1. The smallest absolute Gasteiger partial charge is 0.216 e. The van der Waals surface area contributed by atoms with Crippen molar-refractivity contribution in [1.29, 1.82) is 5.26 Å². The number of nitriles is 1. The SMILES string of the molecule is CC(=O)NCCCc1c(C)c(C#N)c2nc3ccccc3n2c1N1CCC[C@H]1N(C)C. The number of para-hydroxylation sites is 2. The van der Waals surface area contributed by atoms with Gasteiger partial charge in [0, 0.05) is 20.0 Å². The van der Waals surface area contributed by atoms with Crippen LogP contribution in [0, 0.1) is 18.3 Å². The molecule has 3 aromatic rings. The summed E-state index contributed by atoms with van der Waals surface area (Å²) in [4.78, 5) is 20.9. The van der Waals surface area contributed by atoms with Gasteiger partial charge in [0.15, 0.2) is 5.65 Å². The molecule has 0 unspecified atom stereocenters. The number of hydrogen-bond acceptors (Lipinski definition) is 5. The van der Waals surface area contributed by atoms with Crippen LogP contribution >= 0.6 is 0 Å². The van der Waals surface area contributed by atoms with Gasteiger partial charge in [0.1, 0.15) is 11.9 Å². The average molecular weight is 419 g/mol. The lowest BCUT2D eigenvalue weighted by atomic mass is 9.99. The quantitative estimate of drug-likeness (QED) is 0.622. The van der Waals surface area contributed by atoms with Gasteiger partial charge in [0.25, 0.3) is 0 Å².